The summed E-state index contributed by atoms with van der Waals surface area (Å²) in [5.74, 6) is 0.743. The molecule has 1 N–H and O–H groups in total. The van der Waals surface area contributed by atoms with Crippen LogP contribution in [0.3, 0.4) is 0 Å². The van der Waals surface area contributed by atoms with Crippen molar-refractivity contribution < 1.29 is 0 Å². The quantitative estimate of drug-likeness (QED) is 0.889. The maximum atomic E-state index is 3.70. The molecule has 0 aromatic heterocycles. The predicted molar refractivity (Wildman–Crippen MR) is 89.4 cm³/mol. The van der Waals surface area contributed by atoms with E-state index in [-0.39, 0.29) is 0 Å². The average molecular weight is 286 g/mol. The highest BCUT2D eigenvalue weighted by Gasteiger charge is 2.32. The van der Waals surface area contributed by atoms with Gasteiger partial charge in [-0.1, -0.05) is 38.1 Å². The number of nitrogens with zero attached hydrogens (tertiary/aromatic N) is 1. The Morgan fingerprint density at radius 2 is 1.86 bits per heavy atom. The van der Waals surface area contributed by atoms with Gasteiger partial charge in [-0.2, -0.15) is 0 Å². The highest BCUT2D eigenvalue weighted by atomic mass is 15.2. The third-order valence-electron chi connectivity index (χ3n) is 5.03. The zero-order valence-corrected chi connectivity index (χ0v) is 13.6. The number of benzene rings is 1. The molecule has 116 valence electrons. The molecular formula is C19H30N2. The Balaban J connectivity index is 1.59. The van der Waals surface area contributed by atoms with E-state index in [0.29, 0.717) is 0 Å². The fourth-order valence-electron chi connectivity index (χ4n) is 4.03. The molecule has 2 atom stereocenters. The molecule has 0 spiro atoms. The van der Waals surface area contributed by atoms with Crippen molar-refractivity contribution >= 4 is 0 Å². The number of hydrogen-bond donors (Lipinski definition) is 1. The molecule has 0 radical (unpaired) electrons. The van der Waals surface area contributed by atoms with E-state index in [4.69, 9.17) is 0 Å². The van der Waals surface area contributed by atoms with Gasteiger partial charge in [-0.15, -0.1) is 0 Å². The Kier molecular flexibility index (Phi) is 4.97. The zero-order valence-electron chi connectivity index (χ0n) is 13.6. The smallest absolute Gasteiger partial charge is 0.0253 e. The summed E-state index contributed by atoms with van der Waals surface area (Å²) in [5, 5.41) is 3.70. The molecule has 0 aliphatic carbocycles. The van der Waals surface area contributed by atoms with Crippen LogP contribution in [0.2, 0.25) is 0 Å². The summed E-state index contributed by atoms with van der Waals surface area (Å²) >= 11 is 0. The fraction of sp³-hybridized carbons (Fsp3) is 0.684. The number of nitrogens with one attached hydrogen (secondary N) is 1. The van der Waals surface area contributed by atoms with Crippen LogP contribution >= 0.6 is 0 Å². The van der Waals surface area contributed by atoms with Crippen LogP contribution in [0.25, 0.3) is 0 Å². The molecule has 21 heavy (non-hydrogen) atoms. The van der Waals surface area contributed by atoms with Crippen molar-refractivity contribution in [3.63, 3.8) is 0 Å². The predicted octanol–water partition coefficient (Wildman–Crippen LogP) is 3.60. The van der Waals surface area contributed by atoms with Crippen molar-refractivity contribution in [3.8, 4) is 0 Å². The molecule has 2 aliphatic heterocycles. The van der Waals surface area contributed by atoms with E-state index in [2.05, 4.69) is 48.3 Å². The van der Waals surface area contributed by atoms with Gasteiger partial charge in [-0.3, -0.25) is 4.90 Å². The van der Waals surface area contributed by atoms with Crippen LogP contribution < -0.4 is 5.32 Å². The van der Waals surface area contributed by atoms with E-state index in [1.54, 1.807) is 0 Å². The molecule has 2 heterocycles. The summed E-state index contributed by atoms with van der Waals surface area (Å²) in [7, 11) is 0. The highest BCUT2D eigenvalue weighted by molar-refractivity contribution is 5.23. The summed E-state index contributed by atoms with van der Waals surface area (Å²) in [6.07, 6.45) is 6.67. The Morgan fingerprint density at radius 1 is 1.10 bits per heavy atom. The van der Waals surface area contributed by atoms with Crippen LogP contribution in [0.1, 0.15) is 50.7 Å². The summed E-state index contributed by atoms with van der Waals surface area (Å²) in [4.78, 5) is 2.71. The molecule has 0 saturated carbocycles. The molecular weight excluding hydrogens is 256 g/mol. The molecule has 2 heteroatoms. The lowest BCUT2D eigenvalue weighted by atomic mass is 10.0. The summed E-state index contributed by atoms with van der Waals surface area (Å²) in [5.41, 5.74) is 2.96. The van der Waals surface area contributed by atoms with Crippen molar-refractivity contribution in [2.45, 2.75) is 64.6 Å². The van der Waals surface area contributed by atoms with Crippen LogP contribution in [-0.2, 0) is 13.0 Å². The van der Waals surface area contributed by atoms with Gasteiger partial charge in [0.15, 0.2) is 0 Å². The van der Waals surface area contributed by atoms with E-state index in [1.165, 1.54) is 56.3 Å². The lowest BCUT2D eigenvalue weighted by molar-refractivity contribution is 0.206. The first-order valence-electron chi connectivity index (χ1n) is 8.77. The van der Waals surface area contributed by atoms with Gasteiger partial charge in [-0.25, -0.2) is 0 Å². The molecule has 2 fully saturated rings. The van der Waals surface area contributed by atoms with Gasteiger partial charge in [-0.05, 0) is 62.2 Å². The Bertz CT molecular complexity index is 431. The summed E-state index contributed by atoms with van der Waals surface area (Å²) < 4.78 is 0. The maximum absolute atomic E-state index is 3.70. The normalized spacial score (nSPS) is 26.8. The Labute approximate surface area is 129 Å². The third kappa shape index (κ3) is 3.87. The van der Waals surface area contributed by atoms with Crippen molar-refractivity contribution in [3.05, 3.63) is 35.4 Å². The monoisotopic (exact) mass is 286 g/mol. The molecule has 0 amide bonds. The van der Waals surface area contributed by atoms with Gasteiger partial charge >= 0.3 is 0 Å². The van der Waals surface area contributed by atoms with Gasteiger partial charge in [0.25, 0.3) is 0 Å². The number of rotatable bonds is 5. The lowest BCUT2D eigenvalue weighted by Gasteiger charge is -2.29. The van der Waals surface area contributed by atoms with Gasteiger partial charge in [0.05, 0.1) is 0 Å². The van der Waals surface area contributed by atoms with E-state index >= 15 is 0 Å². The van der Waals surface area contributed by atoms with Gasteiger partial charge < -0.3 is 5.32 Å². The van der Waals surface area contributed by atoms with E-state index in [9.17, 15) is 0 Å². The first-order valence-corrected chi connectivity index (χ1v) is 8.77. The second-order valence-corrected chi connectivity index (χ2v) is 7.30. The lowest BCUT2D eigenvalue weighted by Crippen LogP contribution is -2.43. The topological polar surface area (TPSA) is 15.3 Å². The molecule has 2 saturated heterocycles. The molecule has 1 aromatic rings. The fourth-order valence-corrected chi connectivity index (χ4v) is 4.03. The van der Waals surface area contributed by atoms with Gasteiger partial charge in [0.2, 0.25) is 0 Å². The Hall–Kier alpha value is -0.860. The van der Waals surface area contributed by atoms with E-state index < -0.39 is 0 Å². The maximum Gasteiger partial charge on any atom is 0.0253 e. The average Bonchev–Trinajstić information content (AvgIpc) is 3.11. The van der Waals surface area contributed by atoms with Crippen molar-refractivity contribution in [1.29, 1.82) is 0 Å². The van der Waals surface area contributed by atoms with Crippen LogP contribution in [0, 0.1) is 5.92 Å². The standard InChI is InChI=1S/C19H30N2/c1-15(2)13-16-7-9-17(10-8-16)14-21-12-4-6-19(21)18-5-3-11-20-18/h7-10,15,18-20H,3-6,11-14H2,1-2H3. The minimum Gasteiger partial charge on any atom is -0.312 e. The number of hydrogen-bond acceptors (Lipinski definition) is 2. The molecule has 3 rings (SSSR count). The first kappa shape index (κ1) is 15.1. The third-order valence-corrected chi connectivity index (χ3v) is 5.03. The van der Waals surface area contributed by atoms with Crippen molar-refractivity contribution in [1.82, 2.24) is 10.2 Å². The van der Waals surface area contributed by atoms with Crippen LogP contribution in [0.15, 0.2) is 24.3 Å². The van der Waals surface area contributed by atoms with Crippen molar-refractivity contribution in [2.24, 2.45) is 5.92 Å². The largest absolute Gasteiger partial charge is 0.312 e. The van der Waals surface area contributed by atoms with Crippen LogP contribution in [0.4, 0.5) is 0 Å². The van der Waals surface area contributed by atoms with Gasteiger partial charge in [0, 0.05) is 18.6 Å². The summed E-state index contributed by atoms with van der Waals surface area (Å²) in [6, 6.07) is 10.8. The number of likely N-dealkylation sites (tertiary alicyclic amines) is 1. The molecule has 2 nitrogen and oxygen atoms in total. The summed E-state index contributed by atoms with van der Waals surface area (Å²) in [6.45, 7) is 8.20. The molecule has 1 aromatic carbocycles. The minimum atomic E-state index is 0.743. The Morgan fingerprint density at radius 3 is 2.52 bits per heavy atom. The van der Waals surface area contributed by atoms with E-state index in [0.717, 1.165) is 24.5 Å². The molecule has 0 bridgehead atoms. The molecule has 2 aliphatic rings. The van der Waals surface area contributed by atoms with Gasteiger partial charge in [0.1, 0.15) is 0 Å². The van der Waals surface area contributed by atoms with E-state index in [1.807, 2.05) is 0 Å². The second kappa shape index (κ2) is 6.93. The van der Waals surface area contributed by atoms with Crippen molar-refractivity contribution in [2.75, 3.05) is 13.1 Å². The van der Waals surface area contributed by atoms with Crippen LogP contribution in [0.5, 0.6) is 0 Å². The second-order valence-electron chi connectivity index (χ2n) is 7.30. The first-order chi connectivity index (χ1) is 10.2. The molecule has 2 unspecified atom stereocenters. The highest BCUT2D eigenvalue weighted by Crippen LogP contribution is 2.26. The zero-order chi connectivity index (χ0) is 14.7. The minimum absolute atomic E-state index is 0.743. The van der Waals surface area contributed by atoms with Crippen LogP contribution in [-0.4, -0.2) is 30.1 Å². The SMILES string of the molecule is CC(C)Cc1ccc(CN2CCCC2C2CCCN2)cc1.